The molecule has 0 saturated carbocycles. The molecule has 0 radical (unpaired) electrons. The van der Waals surface area contributed by atoms with E-state index in [2.05, 4.69) is 28.2 Å². The first-order chi connectivity index (χ1) is 9.15. The summed E-state index contributed by atoms with van der Waals surface area (Å²) < 4.78 is 19.5. The summed E-state index contributed by atoms with van der Waals surface area (Å²) in [4.78, 5) is 0. The molecule has 1 aromatic carbocycles. The van der Waals surface area contributed by atoms with Crippen LogP contribution in [0.25, 0.3) is 0 Å². The fourth-order valence-electron chi connectivity index (χ4n) is 2.68. The van der Waals surface area contributed by atoms with Gasteiger partial charge in [0, 0.05) is 24.2 Å². The minimum absolute atomic E-state index is 0.191. The summed E-state index contributed by atoms with van der Waals surface area (Å²) in [6.07, 6.45) is 3.08. The first kappa shape index (κ1) is 14.9. The van der Waals surface area contributed by atoms with Gasteiger partial charge in [-0.1, -0.05) is 28.9 Å². The van der Waals surface area contributed by atoms with Crippen LogP contribution in [-0.2, 0) is 11.2 Å². The van der Waals surface area contributed by atoms with Crippen molar-refractivity contribution in [2.24, 2.45) is 5.41 Å². The lowest BCUT2D eigenvalue weighted by Gasteiger charge is -2.38. The van der Waals surface area contributed by atoms with Gasteiger partial charge in [0.1, 0.15) is 5.82 Å². The fourth-order valence-corrected chi connectivity index (χ4v) is 3.17. The molecule has 1 aliphatic rings. The number of rotatable bonds is 5. The van der Waals surface area contributed by atoms with Gasteiger partial charge in [-0.05, 0) is 48.9 Å². The number of hydrogen-bond acceptors (Lipinski definition) is 2. The summed E-state index contributed by atoms with van der Waals surface area (Å²) in [5.41, 5.74) is 1.41. The average Bonchev–Trinajstić information content (AvgIpc) is 2.41. The molecule has 106 valence electrons. The van der Waals surface area contributed by atoms with Crippen molar-refractivity contribution in [1.29, 1.82) is 0 Å². The first-order valence-corrected chi connectivity index (χ1v) is 7.67. The lowest BCUT2D eigenvalue weighted by molar-refractivity contribution is 0.0151. The van der Waals surface area contributed by atoms with E-state index in [1.54, 1.807) is 12.1 Å². The number of hydrogen-bond donors (Lipinski definition) is 1. The Bertz CT molecular complexity index is 419. The third kappa shape index (κ3) is 4.01. The van der Waals surface area contributed by atoms with Crippen molar-refractivity contribution in [2.45, 2.75) is 26.2 Å². The highest BCUT2D eigenvalue weighted by atomic mass is 79.9. The molecule has 1 N–H and O–H groups in total. The predicted molar refractivity (Wildman–Crippen MR) is 78.8 cm³/mol. The number of ether oxygens (including phenoxy) is 1. The second-order valence-electron chi connectivity index (χ2n) is 5.31. The Morgan fingerprint density at radius 2 is 2.11 bits per heavy atom. The van der Waals surface area contributed by atoms with Crippen molar-refractivity contribution in [1.82, 2.24) is 5.32 Å². The van der Waals surface area contributed by atoms with Crippen LogP contribution >= 0.6 is 15.9 Å². The van der Waals surface area contributed by atoms with Crippen molar-refractivity contribution >= 4 is 15.9 Å². The standard InChI is InChI=1S/C15H21BrFNO/c1-2-18-11-15(5-7-19-8-6-15)10-12-3-4-13(17)9-14(12)16/h3-4,9,18H,2,5-8,10-11H2,1H3. The summed E-state index contributed by atoms with van der Waals surface area (Å²) in [7, 11) is 0. The maximum Gasteiger partial charge on any atom is 0.124 e. The van der Waals surface area contributed by atoms with Gasteiger partial charge in [0.25, 0.3) is 0 Å². The topological polar surface area (TPSA) is 21.3 Å². The van der Waals surface area contributed by atoms with Crippen LogP contribution in [0.15, 0.2) is 22.7 Å². The van der Waals surface area contributed by atoms with Gasteiger partial charge in [-0.25, -0.2) is 4.39 Å². The molecule has 0 spiro atoms. The van der Waals surface area contributed by atoms with E-state index in [0.29, 0.717) is 0 Å². The SMILES string of the molecule is CCNCC1(Cc2ccc(F)cc2Br)CCOCC1. The molecule has 0 aromatic heterocycles. The third-order valence-corrected chi connectivity index (χ3v) is 4.62. The Morgan fingerprint density at radius 1 is 1.37 bits per heavy atom. The van der Waals surface area contributed by atoms with E-state index in [1.807, 2.05) is 6.07 Å². The van der Waals surface area contributed by atoms with Gasteiger partial charge in [0.15, 0.2) is 0 Å². The lowest BCUT2D eigenvalue weighted by atomic mass is 9.75. The van der Waals surface area contributed by atoms with E-state index < -0.39 is 0 Å². The second-order valence-corrected chi connectivity index (χ2v) is 6.16. The van der Waals surface area contributed by atoms with Crippen molar-refractivity contribution in [3.05, 3.63) is 34.1 Å². The Kier molecular flexibility index (Phi) is 5.37. The maximum atomic E-state index is 13.2. The molecular formula is C15H21BrFNO. The Hall–Kier alpha value is -0.450. The van der Waals surface area contributed by atoms with E-state index in [0.717, 1.165) is 50.0 Å². The van der Waals surface area contributed by atoms with Crippen LogP contribution in [0.2, 0.25) is 0 Å². The van der Waals surface area contributed by atoms with E-state index in [9.17, 15) is 4.39 Å². The largest absolute Gasteiger partial charge is 0.381 e. The van der Waals surface area contributed by atoms with E-state index in [-0.39, 0.29) is 11.2 Å². The Morgan fingerprint density at radius 3 is 2.74 bits per heavy atom. The normalized spacial score (nSPS) is 18.5. The zero-order valence-electron chi connectivity index (χ0n) is 11.3. The van der Waals surface area contributed by atoms with Crippen LogP contribution in [0.3, 0.4) is 0 Å². The maximum absolute atomic E-state index is 13.2. The minimum Gasteiger partial charge on any atom is -0.381 e. The van der Waals surface area contributed by atoms with Crippen LogP contribution < -0.4 is 5.32 Å². The molecule has 0 amide bonds. The van der Waals surface area contributed by atoms with Gasteiger partial charge in [-0.15, -0.1) is 0 Å². The zero-order valence-corrected chi connectivity index (χ0v) is 12.9. The first-order valence-electron chi connectivity index (χ1n) is 6.88. The highest BCUT2D eigenvalue weighted by molar-refractivity contribution is 9.10. The molecule has 1 heterocycles. The molecule has 0 atom stereocenters. The van der Waals surface area contributed by atoms with Gasteiger partial charge in [-0.2, -0.15) is 0 Å². The lowest BCUT2D eigenvalue weighted by Crippen LogP contribution is -2.40. The summed E-state index contributed by atoms with van der Waals surface area (Å²) in [5.74, 6) is -0.191. The van der Waals surface area contributed by atoms with Gasteiger partial charge >= 0.3 is 0 Å². The molecular weight excluding hydrogens is 309 g/mol. The molecule has 0 unspecified atom stereocenters. The van der Waals surface area contributed by atoms with Crippen LogP contribution in [0.4, 0.5) is 4.39 Å². The third-order valence-electron chi connectivity index (χ3n) is 3.88. The smallest absolute Gasteiger partial charge is 0.124 e. The fraction of sp³-hybridized carbons (Fsp3) is 0.600. The highest BCUT2D eigenvalue weighted by Gasteiger charge is 2.32. The van der Waals surface area contributed by atoms with Crippen LogP contribution in [0.5, 0.6) is 0 Å². The summed E-state index contributed by atoms with van der Waals surface area (Å²) >= 11 is 3.47. The molecule has 1 fully saturated rings. The Balaban J connectivity index is 2.14. The highest BCUT2D eigenvalue weighted by Crippen LogP contribution is 2.35. The van der Waals surface area contributed by atoms with E-state index >= 15 is 0 Å². The summed E-state index contributed by atoms with van der Waals surface area (Å²) in [6, 6.07) is 4.98. The summed E-state index contributed by atoms with van der Waals surface area (Å²) in [6.45, 7) is 5.75. The molecule has 0 bridgehead atoms. The number of benzene rings is 1. The van der Waals surface area contributed by atoms with Crippen LogP contribution in [0, 0.1) is 11.2 Å². The molecule has 1 aliphatic heterocycles. The second kappa shape index (κ2) is 6.82. The van der Waals surface area contributed by atoms with Crippen molar-refractivity contribution in [3.63, 3.8) is 0 Å². The minimum atomic E-state index is -0.191. The average molecular weight is 330 g/mol. The van der Waals surface area contributed by atoms with Crippen LogP contribution in [-0.4, -0.2) is 26.3 Å². The molecule has 0 aliphatic carbocycles. The molecule has 4 heteroatoms. The number of nitrogens with one attached hydrogen (secondary N) is 1. The molecule has 2 rings (SSSR count). The monoisotopic (exact) mass is 329 g/mol. The van der Waals surface area contributed by atoms with Crippen molar-refractivity contribution in [3.8, 4) is 0 Å². The zero-order chi connectivity index (χ0) is 13.7. The van der Waals surface area contributed by atoms with Crippen LogP contribution in [0.1, 0.15) is 25.3 Å². The van der Waals surface area contributed by atoms with E-state index in [4.69, 9.17) is 4.74 Å². The number of halogens is 2. The Labute approximate surface area is 122 Å². The molecule has 1 saturated heterocycles. The van der Waals surface area contributed by atoms with Crippen molar-refractivity contribution in [2.75, 3.05) is 26.3 Å². The molecule has 2 nitrogen and oxygen atoms in total. The van der Waals surface area contributed by atoms with Gasteiger partial charge in [0.2, 0.25) is 0 Å². The molecule has 19 heavy (non-hydrogen) atoms. The quantitative estimate of drug-likeness (QED) is 0.892. The summed E-state index contributed by atoms with van der Waals surface area (Å²) in [5, 5.41) is 3.46. The van der Waals surface area contributed by atoms with Crippen molar-refractivity contribution < 1.29 is 9.13 Å². The van der Waals surface area contributed by atoms with Gasteiger partial charge in [-0.3, -0.25) is 0 Å². The van der Waals surface area contributed by atoms with Gasteiger partial charge < -0.3 is 10.1 Å². The van der Waals surface area contributed by atoms with E-state index in [1.165, 1.54) is 5.56 Å². The van der Waals surface area contributed by atoms with Gasteiger partial charge in [0.05, 0.1) is 0 Å². The molecule has 1 aromatic rings. The predicted octanol–water partition coefficient (Wildman–Crippen LogP) is 3.54.